The standard InChI is InChI=1S/C20H29NO4S/c1-4-25-19(23)20(15-16-5-7-17(24-2)8-6-16)10-12-21(13-11-20)18(22)9-14-26-3/h5-8H,4,9-15H2,1-3H3. The fraction of sp³-hybridized carbons (Fsp3) is 0.600. The molecule has 1 aliphatic heterocycles. The van der Waals surface area contributed by atoms with E-state index in [9.17, 15) is 9.59 Å². The number of likely N-dealkylation sites (tertiary alicyclic amines) is 1. The van der Waals surface area contributed by atoms with Crippen molar-refractivity contribution in [2.24, 2.45) is 5.41 Å². The summed E-state index contributed by atoms with van der Waals surface area (Å²) >= 11 is 1.68. The molecule has 1 heterocycles. The highest BCUT2D eigenvalue weighted by molar-refractivity contribution is 7.98. The largest absolute Gasteiger partial charge is 0.497 e. The highest BCUT2D eigenvalue weighted by Gasteiger charge is 2.43. The van der Waals surface area contributed by atoms with Gasteiger partial charge in [0.15, 0.2) is 0 Å². The van der Waals surface area contributed by atoms with E-state index in [2.05, 4.69) is 0 Å². The lowest BCUT2D eigenvalue weighted by molar-refractivity contribution is -0.160. The normalized spacial score (nSPS) is 16.2. The number of carbonyl (C=O) groups excluding carboxylic acids is 2. The van der Waals surface area contributed by atoms with E-state index >= 15 is 0 Å². The number of hydrogen-bond donors (Lipinski definition) is 0. The smallest absolute Gasteiger partial charge is 0.312 e. The van der Waals surface area contributed by atoms with Gasteiger partial charge in [0.25, 0.3) is 0 Å². The number of carbonyl (C=O) groups is 2. The van der Waals surface area contributed by atoms with E-state index in [1.54, 1.807) is 18.9 Å². The number of benzene rings is 1. The lowest BCUT2D eigenvalue weighted by Crippen LogP contribution is -2.48. The molecular weight excluding hydrogens is 350 g/mol. The Morgan fingerprint density at radius 3 is 2.38 bits per heavy atom. The quantitative estimate of drug-likeness (QED) is 0.650. The summed E-state index contributed by atoms with van der Waals surface area (Å²) in [5.41, 5.74) is 0.530. The molecule has 2 rings (SSSR count). The van der Waals surface area contributed by atoms with Crippen molar-refractivity contribution in [3.8, 4) is 5.75 Å². The number of amides is 1. The second-order valence-corrected chi connectivity index (χ2v) is 7.63. The van der Waals surface area contributed by atoms with Gasteiger partial charge in [-0.3, -0.25) is 9.59 Å². The van der Waals surface area contributed by atoms with Crippen LogP contribution in [0.2, 0.25) is 0 Å². The molecule has 0 spiro atoms. The Hall–Kier alpha value is -1.69. The molecular formula is C20H29NO4S. The Morgan fingerprint density at radius 2 is 1.85 bits per heavy atom. The lowest BCUT2D eigenvalue weighted by Gasteiger charge is -2.40. The van der Waals surface area contributed by atoms with Crippen molar-refractivity contribution in [2.45, 2.75) is 32.6 Å². The predicted octanol–water partition coefficient (Wildman–Crippen LogP) is 3.16. The van der Waals surface area contributed by atoms with E-state index in [0.29, 0.717) is 45.4 Å². The molecule has 0 N–H and O–H groups in total. The van der Waals surface area contributed by atoms with Gasteiger partial charge in [-0.2, -0.15) is 11.8 Å². The molecule has 1 saturated heterocycles. The van der Waals surface area contributed by atoms with Gasteiger partial charge in [0.1, 0.15) is 5.75 Å². The third-order valence-corrected chi connectivity index (χ3v) is 5.62. The van der Waals surface area contributed by atoms with E-state index in [4.69, 9.17) is 9.47 Å². The lowest BCUT2D eigenvalue weighted by atomic mass is 9.73. The molecule has 0 saturated carbocycles. The molecule has 26 heavy (non-hydrogen) atoms. The van der Waals surface area contributed by atoms with Crippen LogP contribution in [-0.4, -0.2) is 55.6 Å². The van der Waals surface area contributed by atoms with Crippen molar-refractivity contribution >= 4 is 23.6 Å². The maximum absolute atomic E-state index is 12.7. The Morgan fingerprint density at radius 1 is 1.19 bits per heavy atom. The molecule has 1 aromatic carbocycles. The minimum Gasteiger partial charge on any atom is -0.497 e. The highest BCUT2D eigenvalue weighted by Crippen LogP contribution is 2.37. The number of nitrogens with zero attached hydrogens (tertiary/aromatic N) is 1. The summed E-state index contributed by atoms with van der Waals surface area (Å²) in [6.07, 6.45) is 4.48. The van der Waals surface area contributed by atoms with Crippen LogP contribution in [-0.2, 0) is 20.7 Å². The summed E-state index contributed by atoms with van der Waals surface area (Å²) in [5.74, 6) is 1.67. The van der Waals surface area contributed by atoms with Gasteiger partial charge in [-0.1, -0.05) is 12.1 Å². The van der Waals surface area contributed by atoms with E-state index in [1.165, 1.54) is 0 Å². The van der Waals surface area contributed by atoms with Crippen LogP contribution >= 0.6 is 11.8 Å². The molecule has 6 heteroatoms. The maximum Gasteiger partial charge on any atom is 0.312 e. The van der Waals surface area contributed by atoms with Crippen LogP contribution in [0.3, 0.4) is 0 Å². The first-order valence-electron chi connectivity index (χ1n) is 9.11. The number of thioether (sulfide) groups is 1. The summed E-state index contributed by atoms with van der Waals surface area (Å²) in [5, 5.41) is 0. The molecule has 0 aliphatic carbocycles. The summed E-state index contributed by atoms with van der Waals surface area (Å²) < 4.78 is 10.6. The van der Waals surface area contributed by atoms with Crippen molar-refractivity contribution in [3.63, 3.8) is 0 Å². The Kier molecular flexibility index (Phi) is 7.82. The van der Waals surface area contributed by atoms with Gasteiger partial charge in [-0.25, -0.2) is 0 Å². The van der Waals surface area contributed by atoms with Crippen molar-refractivity contribution in [1.29, 1.82) is 0 Å². The van der Waals surface area contributed by atoms with Gasteiger partial charge in [-0.15, -0.1) is 0 Å². The van der Waals surface area contributed by atoms with E-state index < -0.39 is 5.41 Å². The third kappa shape index (κ3) is 5.16. The van der Waals surface area contributed by atoms with Crippen LogP contribution in [0.25, 0.3) is 0 Å². The second kappa shape index (κ2) is 9.86. The minimum atomic E-state index is -0.555. The number of hydrogen-bond acceptors (Lipinski definition) is 5. The SMILES string of the molecule is CCOC(=O)C1(Cc2ccc(OC)cc2)CCN(C(=O)CCSC)CC1. The second-order valence-electron chi connectivity index (χ2n) is 6.65. The Bertz CT molecular complexity index is 594. The zero-order valence-corrected chi connectivity index (χ0v) is 16.8. The summed E-state index contributed by atoms with van der Waals surface area (Å²) in [6, 6.07) is 7.82. The fourth-order valence-electron chi connectivity index (χ4n) is 3.40. The monoisotopic (exact) mass is 379 g/mol. The summed E-state index contributed by atoms with van der Waals surface area (Å²) in [7, 11) is 1.64. The van der Waals surface area contributed by atoms with Crippen LogP contribution in [0.1, 0.15) is 31.7 Å². The molecule has 144 valence electrons. The number of esters is 1. The van der Waals surface area contributed by atoms with Crippen LogP contribution in [0.5, 0.6) is 5.75 Å². The molecule has 0 bridgehead atoms. The van der Waals surface area contributed by atoms with Crippen LogP contribution in [0.4, 0.5) is 0 Å². The summed E-state index contributed by atoms with van der Waals surface area (Å²) in [4.78, 5) is 26.9. The fourth-order valence-corrected chi connectivity index (χ4v) is 3.78. The van der Waals surface area contributed by atoms with Gasteiger partial charge in [-0.05, 0) is 50.1 Å². The first-order chi connectivity index (χ1) is 12.5. The van der Waals surface area contributed by atoms with Crippen molar-refractivity contribution in [2.75, 3.05) is 38.8 Å². The first-order valence-corrected chi connectivity index (χ1v) is 10.5. The number of methoxy groups -OCH3 is 1. The zero-order valence-electron chi connectivity index (χ0n) is 16.0. The van der Waals surface area contributed by atoms with Gasteiger partial charge in [0.2, 0.25) is 5.91 Å². The van der Waals surface area contributed by atoms with Crippen LogP contribution < -0.4 is 4.74 Å². The van der Waals surface area contributed by atoms with Gasteiger partial charge < -0.3 is 14.4 Å². The average Bonchev–Trinajstić information content (AvgIpc) is 2.67. The van der Waals surface area contributed by atoms with E-state index in [1.807, 2.05) is 42.3 Å². The summed E-state index contributed by atoms with van der Waals surface area (Å²) in [6.45, 7) is 3.43. The van der Waals surface area contributed by atoms with Crippen molar-refractivity contribution in [3.05, 3.63) is 29.8 Å². The molecule has 1 amide bonds. The average molecular weight is 380 g/mol. The number of piperidine rings is 1. The van der Waals surface area contributed by atoms with E-state index in [0.717, 1.165) is 17.1 Å². The Balaban J connectivity index is 2.09. The van der Waals surface area contributed by atoms with Crippen molar-refractivity contribution < 1.29 is 19.1 Å². The van der Waals surface area contributed by atoms with Crippen LogP contribution in [0, 0.1) is 5.41 Å². The molecule has 0 aromatic heterocycles. The molecule has 5 nitrogen and oxygen atoms in total. The topological polar surface area (TPSA) is 55.8 Å². The molecule has 0 radical (unpaired) electrons. The highest BCUT2D eigenvalue weighted by atomic mass is 32.2. The Labute approximate surface area is 160 Å². The molecule has 0 unspecified atom stereocenters. The minimum absolute atomic E-state index is 0.146. The first kappa shape index (κ1) is 20.6. The van der Waals surface area contributed by atoms with Gasteiger partial charge in [0.05, 0.1) is 19.1 Å². The van der Waals surface area contributed by atoms with Crippen molar-refractivity contribution in [1.82, 2.24) is 4.90 Å². The molecule has 1 fully saturated rings. The van der Waals surface area contributed by atoms with Crippen LogP contribution in [0.15, 0.2) is 24.3 Å². The maximum atomic E-state index is 12.7. The molecule has 0 atom stereocenters. The molecule has 1 aliphatic rings. The van der Waals surface area contributed by atoms with Gasteiger partial charge >= 0.3 is 5.97 Å². The van der Waals surface area contributed by atoms with Gasteiger partial charge in [0, 0.05) is 25.3 Å². The predicted molar refractivity (Wildman–Crippen MR) is 105 cm³/mol. The third-order valence-electron chi connectivity index (χ3n) is 5.00. The van der Waals surface area contributed by atoms with E-state index in [-0.39, 0.29) is 11.9 Å². The molecule has 1 aromatic rings. The number of rotatable bonds is 8. The number of ether oxygens (including phenoxy) is 2. The zero-order chi connectivity index (χ0) is 19.0.